The number of carbonyl (C=O) groups is 3. The Balaban J connectivity index is 1.87. The van der Waals surface area contributed by atoms with E-state index in [0.717, 1.165) is 0 Å². The molecule has 0 saturated heterocycles. The van der Waals surface area contributed by atoms with Crippen molar-refractivity contribution < 1.29 is 23.9 Å². The predicted molar refractivity (Wildman–Crippen MR) is 135 cm³/mol. The molecular formula is C27H32N4O5. The second-order valence-electron chi connectivity index (χ2n) is 9.08. The van der Waals surface area contributed by atoms with Gasteiger partial charge in [-0.25, -0.2) is 4.98 Å². The second kappa shape index (κ2) is 12.0. The average Bonchev–Trinajstić information content (AvgIpc) is 3.37. The minimum Gasteiger partial charge on any atom is -0.508 e. The molecule has 0 aliphatic rings. The molecule has 3 amide bonds. The van der Waals surface area contributed by atoms with Gasteiger partial charge < -0.3 is 25.1 Å². The molecule has 190 valence electrons. The summed E-state index contributed by atoms with van der Waals surface area (Å²) in [5, 5.41) is 15.5. The maximum atomic E-state index is 13.6. The van der Waals surface area contributed by atoms with Crippen LogP contribution in [-0.4, -0.2) is 38.3 Å². The SMILES string of the molecule is CCC(C)(C)NC(=O)[C@H](c1ccc(O)cc1)N(Cc1ccco1)C(=O)CCC(=O)Nc1ccccn1. The normalized spacial score (nSPS) is 12.0. The van der Waals surface area contributed by atoms with E-state index >= 15 is 0 Å². The van der Waals surface area contributed by atoms with E-state index < -0.39 is 17.5 Å². The van der Waals surface area contributed by atoms with Gasteiger partial charge in [0.05, 0.1) is 12.8 Å². The van der Waals surface area contributed by atoms with Crippen molar-refractivity contribution in [1.82, 2.24) is 15.2 Å². The van der Waals surface area contributed by atoms with Crippen molar-refractivity contribution in [2.45, 2.75) is 58.2 Å². The molecule has 0 aliphatic heterocycles. The van der Waals surface area contributed by atoms with Crippen LogP contribution in [0.25, 0.3) is 0 Å². The number of hydrogen-bond acceptors (Lipinski definition) is 6. The minimum absolute atomic E-state index is 0.0270. The average molecular weight is 493 g/mol. The Bertz CT molecular complexity index is 1140. The summed E-state index contributed by atoms with van der Waals surface area (Å²) in [6.45, 7) is 5.79. The fourth-order valence-electron chi connectivity index (χ4n) is 3.52. The number of amides is 3. The molecule has 0 unspecified atom stereocenters. The predicted octanol–water partition coefficient (Wildman–Crippen LogP) is 4.17. The summed E-state index contributed by atoms with van der Waals surface area (Å²) < 4.78 is 5.47. The van der Waals surface area contributed by atoms with Gasteiger partial charge >= 0.3 is 0 Å². The third kappa shape index (κ3) is 7.43. The molecule has 9 heteroatoms. The van der Waals surface area contributed by atoms with E-state index in [1.54, 1.807) is 48.7 Å². The zero-order valence-corrected chi connectivity index (χ0v) is 20.7. The van der Waals surface area contributed by atoms with E-state index in [2.05, 4.69) is 15.6 Å². The molecule has 1 atom stereocenters. The van der Waals surface area contributed by atoms with Crippen molar-refractivity contribution >= 4 is 23.5 Å². The van der Waals surface area contributed by atoms with Crippen LogP contribution in [0.3, 0.4) is 0 Å². The van der Waals surface area contributed by atoms with Crippen molar-refractivity contribution in [3.8, 4) is 5.75 Å². The van der Waals surface area contributed by atoms with Crippen LogP contribution in [0.15, 0.2) is 71.5 Å². The quantitative estimate of drug-likeness (QED) is 0.369. The zero-order valence-electron chi connectivity index (χ0n) is 20.7. The summed E-state index contributed by atoms with van der Waals surface area (Å²) >= 11 is 0. The Labute approximate surface area is 210 Å². The standard InChI is InChI=1S/C27H32N4O5/c1-4-27(2,3)30-26(35)25(19-10-12-20(32)13-11-19)31(18-21-8-7-17-36-21)24(34)15-14-23(33)29-22-9-5-6-16-28-22/h5-13,16-17,25,32H,4,14-15,18H2,1-3H3,(H,30,35)(H,28,29,33)/t25-/m0/s1. The summed E-state index contributed by atoms with van der Waals surface area (Å²) in [5.74, 6) is -0.201. The molecule has 3 aromatic rings. The van der Waals surface area contributed by atoms with E-state index in [9.17, 15) is 19.5 Å². The lowest BCUT2D eigenvalue weighted by Crippen LogP contribution is -2.50. The van der Waals surface area contributed by atoms with Gasteiger partial charge in [0.25, 0.3) is 0 Å². The first-order chi connectivity index (χ1) is 17.2. The topological polar surface area (TPSA) is 125 Å². The smallest absolute Gasteiger partial charge is 0.247 e. The fourth-order valence-corrected chi connectivity index (χ4v) is 3.52. The number of aromatic hydroxyl groups is 1. The molecule has 2 heterocycles. The molecule has 0 saturated carbocycles. The Hall–Kier alpha value is -4.14. The molecule has 3 rings (SSSR count). The van der Waals surface area contributed by atoms with Crippen molar-refractivity contribution in [2.75, 3.05) is 5.32 Å². The summed E-state index contributed by atoms with van der Waals surface area (Å²) in [6, 6.07) is 13.7. The van der Waals surface area contributed by atoms with Crippen molar-refractivity contribution in [3.05, 3.63) is 78.4 Å². The number of hydrogen-bond donors (Lipinski definition) is 3. The van der Waals surface area contributed by atoms with Crippen LogP contribution in [0.4, 0.5) is 5.82 Å². The van der Waals surface area contributed by atoms with Gasteiger partial charge in [-0.2, -0.15) is 0 Å². The van der Waals surface area contributed by atoms with Crippen LogP contribution < -0.4 is 10.6 Å². The number of benzene rings is 1. The summed E-state index contributed by atoms with van der Waals surface area (Å²) in [4.78, 5) is 45.0. The third-order valence-electron chi connectivity index (χ3n) is 5.84. The molecule has 9 nitrogen and oxygen atoms in total. The summed E-state index contributed by atoms with van der Waals surface area (Å²) in [7, 11) is 0. The van der Waals surface area contributed by atoms with Crippen LogP contribution in [0, 0.1) is 0 Å². The first-order valence-corrected chi connectivity index (χ1v) is 11.8. The number of furan rings is 1. The number of anilines is 1. The number of aromatic nitrogens is 1. The lowest BCUT2D eigenvalue weighted by atomic mass is 9.98. The summed E-state index contributed by atoms with van der Waals surface area (Å²) in [5.41, 5.74) is 0.0175. The highest BCUT2D eigenvalue weighted by molar-refractivity contribution is 5.94. The molecule has 0 bridgehead atoms. The number of nitrogens with zero attached hydrogens (tertiary/aromatic N) is 2. The maximum Gasteiger partial charge on any atom is 0.247 e. The van der Waals surface area contributed by atoms with Crippen LogP contribution >= 0.6 is 0 Å². The minimum atomic E-state index is -1.01. The lowest BCUT2D eigenvalue weighted by molar-refractivity contribution is -0.143. The number of rotatable bonds is 11. The van der Waals surface area contributed by atoms with Gasteiger partial charge in [0.15, 0.2) is 0 Å². The van der Waals surface area contributed by atoms with Gasteiger partial charge in [-0.05, 0) is 62.2 Å². The third-order valence-corrected chi connectivity index (χ3v) is 5.84. The van der Waals surface area contributed by atoms with Gasteiger partial charge in [0, 0.05) is 24.6 Å². The van der Waals surface area contributed by atoms with Crippen molar-refractivity contribution in [3.63, 3.8) is 0 Å². The van der Waals surface area contributed by atoms with E-state index in [0.29, 0.717) is 23.6 Å². The maximum absolute atomic E-state index is 13.6. The molecule has 0 spiro atoms. The Morgan fingerprint density at radius 2 is 1.81 bits per heavy atom. The molecule has 1 aromatic carbocycles. The van der Waals surface area contributed by atoms with Crippen molar-refractivity contribution in [2.24, 2.45) is 0 Å². The number of pyridine rings is 1. The highest BCUT2D eigenvalue weighted by Gasteiger charge is 2.34. The molecular weight excluding hydrogens is 460 g/mol. The van der Waals surface area contributed by atoms with Crippen LogP contribution in [-0.2, 0) is 20.9 Å². The van der Waals surface area contributed by atoms with Gasteiger partial charge in [-0.3, -0.25) is 14.4 Å². The number of phenols is 1. The van der Waals surface area contributed by atoms with E-state index in [4.69, 9.17) is 4.42 Å². The largest absolute Gasteiger partial charge is 0.508 e. The van der Waals surface area contributed by atoms with Crippen molar-refractivity contribution in [1.29, 1.82) is 0 Å². The molecule has 3 N–H and O–H groups in total. The Morgan fingerprint density at radius 3 is 2.42 bits per heavy atom. The van der Waals surface area contributed by atoms with Gasteiger partial charge in [0.1, 0.15) is 23.4 Å². The number of phenolic OH excluding ortho intramolecular Hbond substituents is 1. The number of nitrogens with one attached hydrogen (secondary N) is 2. The van der Waals surface area contributed by atoms with Crippen LogP contribution in [0.2, 0.25) is 0 Å². The molecule has 0 radical (unpaired) electrons. The van der Waals surface area contributed by atoms with E-state index in [-0.39, 0.29) is 37.0 Å². The van der Waals surface area contributed by atoms with Gasteiger partial charge in [-0.15, -0.1) is 0 Å². The Morgan fingerprint density at radius 1 is 1.06 bits per heavy atom. The first kappa shape index (κ1) is 26.5. The first-order valence-electron chi connectivity index (χ1n) is 11.8. The molecule has 36 heavy (non-hydrogen) atoms. The highest BCUT2D eigenvalue weighted by atomic mass is 16.3. The lowest BCUT2D eigenvalue weighted by Gasteiger charge is -2.34. The molecule has 2 aromatic heterocycles. The Kier molecular flexibility index (Phi) is 8.83. The molecule has 0 fully saturated rings. The fraction of sp³-hybridized carbons (Fsp3) is 0.333. The summed E-state index contributed by atoms with van der Waals surface area (Å²) in [6.07, 6.45) is 3.52. The second-order valence-corrected chi connectivity index (χ2v) is 9.08. The van der Waals surface area contributed by atoms with Gasteiger partial charge in [0.2, 0.25) is 17.7 Å². The highest BCUT2D eigenvalue weighted by Crippen LogP contribution is 2.27. The molecule has 0 aliphatic carbocycles. The van der Waals surface area contributed by atoms with E-state index in [1.807, 2.05) is 20.8 Å². The van der Waals surface area contributed by atoms with Crippen LogP contribution in [0.1, 0.15) is 57.4 Å². The monoisotopic (exact) mass is 492 g/mol. The van der Waals surface area contributed by atoms with Gasteiger partial charge in [-0.1, -0.05) is 25.1 Å². The zero-order chi connectivity index (χ0) is 26.1. The number of carbonyl (C=O) groups excluding carboxylic acids is 3. The van der Waals surface area contributed by atoms with E-state index in [1.165, 1.54) is 23.3 Å². The van der Waals surface area contributed by atoms with Crippen LogP contribution in [0.5, 0.6) is 5.75 Å².